The van der Waals surface area contributed by atoms with Gasteiger partial charge in [-0.05, 0) is 39.8 Å². The molecule has 2 rings (SSSR count). The summed E-state index contributed by atoms with van der Waals surface area (Å²) >= 11 is 0. The molecule has 0 bridgehead atoms. The lowest BCUT2D eigenvalue weighted by molar-refractivity contribution is -0.187. The van der Waals surface area contributed by atoms with Crippen LogP contribution in [0.25, 0.3) is 0 Å². The molecule has 0 aliphatic carbocycles. The molecule has 0 spiro atoms. The monoisotopic (exact) mass is 299 g/mol. The van der Waals surface area contributed by atoms with Gasteiger partial charge in [-0.2, -0.15) is 0 Å². The Kier molecular flexibility index (Phi) is 4.33. The molecule has 1 unspecified atom stereocenters. The third-order valence-corrected chi connectivity index (χ3v) is 3.56. The Morgan fingerprint density at radius 2 is 2.19 bits per heavy atom. The van der Waals surface area contributed by atoms with Crippen LogP contribution in [0.4, 0.5) is 4.79 Å². The van der Waals surface area contributed by atoms with Crippen molar-refractivity contribution in [2.45, 2.75) is 58.3 Å². The van der Waals surface area contributed by atoms with Crippen LogP contribution in [0.5, 0.6) is 0 Å². The molecule has 1 fully saturated rings. The average molecular weight is 299 g/mol. The van der Waals surface area contributed by atoms with Gasteiger partial charge in [0.25, 0.3) is 0 Å². The zero-order valence-corrected chi connectivity index (χ0v) is 13.3. The first kappa shape index (κ1) is 16.3. The molecule has 2 aliphatic rings. The molecule has 0 radical (unpaired) electrons. The van der Waals surface area contributed by atoms with E-state index in [4.69, 9.17) is 14.2 Å². The number of aliphatic hydroxyl groups is 1. The quantitative estimate of drug-likeness (QED) is 0.789. The van der Waals surface area contributed by atoms with E-state index < -0.39 is 29.8 Å². The van der Waals surface area contributed by atoms with Gasteiger partial charge in [-0.25, -0.2) is 4.79 Å². The topological polar surface area (TPSA) is 68.2 Å². The van der Waals surface area contributed by atoms with Crippen LogP contribution < -0.4 is 0 Å². The van der Waals surface area contributed by atoms with Crippen molar-refractivity contribution >= 4 is 6.09 Å². The Balaban J connectivity index is 2.31. The van der Waals surface area contributed by atoms with Crippen molar-refractivity contribution in [1.82, 2.24) is 4.90 Å². The Hall–Kier alpha value is -1.11. The van der Waals surface area contributed by atoms with Crippen LogP contribution in [0.2, 0.25) is 0 Å². The summed E-state index contributed by atoms with van der Waals surface area (Å²) in [4.78, 5) is 14.0. The van der Waals surface area contributed by atoms with Crippen molar-refractivity contribution < 1.29 is 24.1 Å². The number of amides is 1. The van der Waals surface area contributed by atoms with Gasteiger partial charge in [0.05, 0.1) is 6.61 Å². The van der Waals surface area contributed by atoms with Crippen molar-refractivity contribution in [2.75, 3.05) is 13.2 Å². The van der Waals surface area contributed by atoms with Crippen LogP contribution in [-0.2, 0) is 14.2 Å². The van der Waals surface area contributed by atoms with Crippen molar-refractivity contribution in [3.63, 3.8) is 0 Å². The first-order valence-electron chi connectivity index (χ1n) is 7.36. The number of hydrogen-bond acceptors (Lipinski definition) is 5. The molecule has 0 aromatic carbocycles. The first-order valence-corrected chi connectivity index (χ1v) is 7.36. The van der Waals surface area contributed by atoms with Crippen LogP contribution in [0.3, 0.4) is 0 Å². The van der Waals surface area contributed by atoms with Gasteiger partial charge >= 0.3 is 6.09 Å². The fourth-order valence-electron chi connectivity index (χ4n) is 2.78. The molecule has 2 aliphatic heterocycles. The van der Waals surface area contributed by atoms with Crippen molar-refractivity contribution in [1.29, 1.82) is 0 Å². The van der Waals surface area contributed by atoms with Gasteiger partial charge in [-0.3, -0.25) is 4.90 Å². The predicted molar refractivity (Wildman–Crippen MR) is 76.5 cm³/mol. The summed E-state index contributed by atoms with van der Waals surface area (Å²) in [5, 5.41) is 10.6. The van der Waals surface area contributed by atoms with Crippen LogP contribution in [0.1, 0.15) is 34.6 Å². The number of nitrogens with zero attached hydrogens (tertiary/aromatic N) is 1. The number of hydrogen-bond donors (Lipinski definition) is 1. The summed E-state index contributed by atoms with van der Waals surface area (Å²) in [6, 6.07) is -0.520. The number of carbonyl (C=O) groups is 1. The molecule has 6 nitrogen and oxygen atoms in total. The molecule has 4 atom stereocenters. The third kappa shape index (κ3) is 3.22. The van der Waals surface area contributed by atoms with Gasteiger partial charge < -0.3 is 19.3 Å². The van der Waals surface area contributed by atoms with E-state index in [1.165, 1.54) is 4.90 Å². The van der Waals surface area contributed by atoms with Gasteiger partial charge in [-0.15, -0.1) is 0 Å². The lowest BCUT2D eigenvalue weighted by Gasteiger charge is -2.43. The summed E-state index contributed by atoms with van der Waals surface area (Å²) in [5.41, 5.74) is -0.615. The van der Waals surface area contributed by atoms with Gasteiger partial charge in [-0.1, -0.05) is 6.92 Å². The number of fused-ring (bicyclic) bond motifs is 1. The van der Waals surface area contributed by atoms with E-state index in [1.807, 2.05) is 13.8 Å². The molecule has 1 saturated heterocycles. The average Bonchev–Trinajstić information content (AvgIpc) is 2.65. The normalized spacial score (nSPS) is 35.7. The van der Waals surface area contributed by atoms with Crippen molar-refractivity contribution in [2.24, 2.45) is 5.92 Å². The lowest BCUT2D eigenvalue weighted by Crippen LogP contribution is -2.61. The van der Waals surface area contributed by atoms with E-state index in [0.29, 0.717) is 13.2 Å². The molecule has 0 aromatic heterocycles. The largest absolute Gasteiger partial charge is 0.444 e. The highest BCUT2D eigenvalue weighted by molar-refractivity contribution is 5.70. The molecular weight excluding hydrogens is 274 g/mol. The van der Waals surface area contributed by atoms with E-state index in [-0.39, 0.29) is 5.92 Å². The van der Waals surface area contributed by atoms with Crippen LogP contribution in [-0.4, -0.2) is 53.0 Å². The lowest BCUT2D eigenvalue weighted by atomic mass is 9.93. The number of rotatable bonds is 2. The molecule has 2 heterocycles. The standard InChI is InChI=1S/C15H25NO5/c1-6-19-11-7-8-15(18)12(10(2)9-20-15)16(11)13(17)21-14(3,4)5/h7-8,10-12,18H,6,9H2,1-5H3/t10-,11?,12+,15+/m1/s1. The zero-order chi connectivity index (χ0) is 15.8. The molecule has 6 heteroatoms. The van der Waals surface area contributed by atoms with E-state index in [2.05, 4.69) is 0 Å². The Bertz CT molecular complexity index is 430. The first-order chi connectivity index (χ1) is 9.68. The fourth-order valence-corrected chi connectivity index (χ4v) is 2.78. The number of carbonyl (C=O) groups excluding carboxylic acids is 1. The van der Waals surface area contributed by atoms with Crippen LogP contribution in [0.15, 0.2) is 12.2 Å². The molecule has 0 aromatic rings. The zero-order valence-electron chi connectivity index (χ0n) is 13.3. The van der Waals surface area contributed by atoms with Crippen LogP contribution >= 0.6 is 0 Å². The maximum atomic E-state index is 12.6. The smallest absolute Gasteiger partial charge is 0.413 e. The molecule has 21 heavy (non-hydrogen) atoms. The van der Waals surface area contributed by atoms with Crippen molar-refractivity contribution in [3.8, 4) is 0 Å². The maximum absolute atomic E-state index is 12.6. The molecule has 0 saturated carbocycles. The molecular formula is C15H25NO5. The van der Waals surface area contributed by atoms with E-state index in [1.54, 1.807) is 32.9 Å². The highest BCUT2D eigenvalue weighted by Gasteiger charge is 2.55. The number of ether oxygens (including phenoxy) is 3. The van der Waals surface area contributed by atoms with E-state index in [0.717, 1.165) is 0 Å². The van der Waals surface area contributed by atoms with Crippen LogP contribution in [0, 0.1) is 5.92 Å². The Morgan fingerprint density at radius 1 is 1.52 bits per heavy atom. The van der Waals surface area contributed by atoms with E-state index >= 15 is 0 Å². The van der Waals surface area contributed by atoms with Gasteiger partial charge in [0.15, 0.2) is 6.23 Å². The predicted octanol–water partition coefficient (Wildman–Crippen LogP) is 1.88. The summed E-state index contributed by atoms with van der Waals surface area (Å²) < 4.78 is 16.5. The second-order valence-electron chi connectivity index (χ2n) is 6.58. The summed E-state index contributed by atoms with van der Waals surface area (Å²) in [5.74, 6) is -1.49. The third-order valence-electron chi connectivity index (χ3n) is 3.56. The molecule has 1 amide bonds. The molecule has 120 valence electrons. The fraction of sp³-hybridized carbons (Fsp3) is 0.800. The Labute approximate surface area is 125 Å². The second-order valence-corrected chi connectivity index (χ2v) is 6.58. The highest BCUT2D eigenvalue weighted by Crippen LogP contribution is 2.39. The molecule has 1 N–H and O–H groups in total. The minimum absolute atomic E-state index is 0.0181. The summed E-state index contributed by atoms with van der Waals surface area (Å²) in [7, 11) is 0. The Morgan fingerprint density at radius 3 is 2.76 bits per heavy atom. The minimum atomic E-state index is -1.47. The summed E-state index contributed by atoms with van der Waals surface area (Å²) in [6.07, 6.45) is 2.15. The van der Waals surface area contributed by atoms with E-state index in [9.17, 15) is 9.90 Å². The van der Waals surface area contributed by atoms with Gasteiger partial charge in [0, 0.05) is 12.5 Å². The second kappa shape index (κ2) is 5.59. The van der Waals surface area contributed by atoms with Gasteiger partial charge in [0.2, 0.25) is 5.79 Å². The summed E-state index contributed by atoms with van der Waals surface area (Å²) in [6.45, 7) is 10.0. The SMILES string of the molecule is CCOC1C=C[C@]2(O)OC[C@@H](C)[C@@H]2N1C(=O)OC(C)(C)C. The maximum Gasteiger partial charge on any atom is 0.413 e. The van der Waals surface area contributed by atoms with Gasteiger partial charge in [0.1, 0.15) is 11.6 Å². The highest BCUT2D eigenvalue weighted by atomic mass is 16.6. The minimum Gasteiger partial charge on any atom is -0.444 e. The van der Waals surface area contributed by atoms with Crippen molar-refractivity contribution in [3.05, 3.63) is 12.2 Å².